The van der Waals surface area contributed by atoms with E-state index in [0.29, 0.717) is 18.2 Å². The largest absolute Gasteiger partial charge is 0.484 e. The van der Waals surface area contributed by atoms with Crippen LogP contribution in [0.3, 0.4) is 0 Å². The van der Waals surface area contributed by atoms with Crippen molar-refractivity contribution in [2.24, 2.45) is 11.7 Å². The Morgan fingerprint density at radius 2 is 2.17 bits per heavy atom. The third kappa shape index (κ3) is 3.46. The molecule has 0 bridgehead atoms. The lowest BCUT2D eigenvalue weighted by Crippen LogP contribution is -2.33. The van der Waals surface area contributed by atoms with Crippen LogP contribution in [0.5, 0.6) is 5.75 Å². The second kappa shape index (κ2) is 6.20. The van der Waals surface area contributed by atoms with Crippen LogP contribution in [0.1, 0.15) is 6.42 Å². The molecule has 1 atom stereocenters. The zero-order chi connectivity index (χ0) is 13.0. The molecule has 1 saturated heterocycles. The minimum Gasteiger partial charge on any atom is -0.484 e. The van der Waals surface area contributed by atoms with Crippen LogP contribution in [0.25, 0.3) is 0 Å². The first-order valence-corrected chi connectivity index (χ1v) is 6.84. The fraction of sp³-hybridized carbons (Fsp3) is 0.462. The highest BCUT2D eigenvalue weighted by Crippen LogP contribution is 2.17. The van der Waals surface area contributed by atoms with Gasteiger partial charge in [0.25, 0.3) is 5.91 Å². The second-order valence-electron chi connectivity index (χ2n) is 4.47. The fourth-order valence-corrected chi connectivity index (χ4v) is 2.28. The topological polar surface area (TPSA) is 55.6 Å². The number of likely N-dealkylation sites (tertiary alicyclic amines) is 1. The lowest BCUT2D eigenvalue weighted by molar-refractivity contribution is -0.132. The molecular formula is C13H17BrN2O2. The molecule has 5 heteroatoms. The van der Waals surface area contributed by atoms with Crippen LogP contribution in [0.4, 0.5) is 0 Å². The van der Waals surface area contributed by atoms with Gasteiger partial charge in [-0.15, -0.1) is 0 Å². The number of benzene rings is 1. The van der Waals surface area contributed by atoms with Crippen LogP contribution in [0, 0.1) is 5.92 Å². The van der Waals surface area contributed by atoms with Crippen molar-refractivity contribution in [3.05, 3.63) is 28.7 Å². The number of amides is 1. The number of halogens is 1. The monoisotopic (exact) mass is 312 g/mol. The number of ether oxygens (including phenoxy) is 1. The van der Waals surface area contributed by atoms with E-state index in [9.17, 15) is 4.79 Å². The Morgan fingerprint density at radius 3 is 2.78 bits per heavy atom. The first kappa shape index (κ1) is 13.4. The number of hydrogen-bond acceptors (Lipinski definition) is 3. The number of nitrogens with zero attached hydrogens (tertiary/aromatic N) is 1. The van der Waals surface area contributed by atoms with Crippen molar-refractivity contribution >= 4 is 21.8 Å². The van der Waals surface area contributed by atoms with E-state index in [1.807, 2.05) is 29.2 Å². The average molecular weight is 313 g/mol. The summed E-state index contributed by atoms with van der Waals surface area (Å²) in [6.45, 7) is 2.31. The molecule has 1 aromatic rings. The van der Waals surface area contributed by atoms with Gasteiger partial charge in [-0.05, 0) is 43.1 Å². The number of rotatable bonds is 4. The maximum absolute atomic E-state index is 11.9. The molecule has 1 aliphatic heterocycles. The minimum atomic E-state index is 0.0360. The SMILES string of the molecule is NC[C@H]1CCN(C(=O)COc2ccc(Br)cc2)C1. The third-order valence-electron chi connectivity index (χ3n) is 3.15. The Labute approximate surface area is 115 Å². The Hall–Kier alpha value is -1.07. The van der Waals surface area contributed by atoms with E-state index in [2.05, 4.69) is 15.9 Å². The van der Waals surface area contributed by atoms with E-state index in [4.69, 9.17) is 10.5 Å². The molecule has 18 heavy (non-hydrogen) atoms. The molecule has 0 spiro atoms. The van der Waals surface area contributed by atoms with Gasteiger partial charge in [0.15, 0.2) is 6.61 Å². The van der Waals surface area contributed by atoms with Crippen LogP contribution < -0.4 is 10.5 Å². The molecule has 0 radical (unpaired) electrons. The maximum Gasteiger partial charge on any atom is 0.260 e. The zero-order valence-electron chi connectivity index (χ0n) is 10.1. The number of carbonyl (C=O) groups is 1. The van der Waals surface area contributed by atoms with Gasteiger partial charge < -0.3 is 15.4 Å². The van der Waals surface area contributed by atoms with Crippen molar-refractivity contribution in [1.82, 2.24) is 4.90 Å². The van der Waals surface area contributed by atoms with Crippen LogP contribution in [0.2, 0.25) is 0 Å². The molecule has 2 rings (SSSR count). The van der Waals surface area contributed by atoms with Gasteiger partial charge in [-0.25, -0.2) is 0 Å². The van der Waals surface area contributed by atoms with Gasteiger partial charge in [-0.2, -0.15) is 0 Å². The highest BCUT2D eigenvalue weighted by Gasteiger charge is 2.25. The molecular weight excluding hydrogens is 296 g/mol. The van der Waals surface area contributed by atoms with Gasteiger partial charge >= 0.3 is 0 Å². The Morgan fingerprint density at radius 1 is 1.44 bits per heavy atom. The van der Waals surface area contributed by atoms with Gasteiger partial charge in [-0.3, -0.25) is 4.79 Å². The van der Waals surface area contributed by atoms with Crippen LogP contribution in [-0.4, -0.2) is 37.0 Å². The van der Waals surface area contributed by atoms with Gasteiger partial charge in [-0.1, -0.05) is 15.9 Å². The summed E-state index contributed by atoms with van der Waals surface area (Å²) in [6, 6.07) is 7.45. The summed E-state index contributed by atoms with van der Waals surface area (Å²) in [5.74, 6) is 1.19. The van der Waals surface area contributed by atoms with E-state index in [-0.39, 0.29) is 12.5 Å². The van der Waals surface area contributed by atoms with Crippen LogP contribution in [-0.2, 0) is 4.79 Å². The average Bonchev–Trinajstić information content (AvgIpc) is 2.86. The molecule has 1 fully saturated rings. The summed E-state index contributed by atoms with van der Waals surface area (Å²) >= 11 is 3.35. The molecule has 0 aliphatic carbocycles. The number of carbonyl (C=O) groups excluding carboxylic acids is 1. The molecule has 0 aromatic heterocycles. The van der Waals surface area contributed by atoms with Crippen molar-refractivity contribution in [2.45, 2.75) is 6.42 Å². The molecule has 1 aromatic carbocycles. The molecule has 1 amide bonds. The van der Waals surface area contributed by atoms with Gasteiger partial charge in [0, 0.05) is 17.6 Å². The van der Waals surface area contributed by atoms with E-state index in [1.54, 1.807) is 0 Å². The summed E-state index contributed by atoms with van der Waals surface area (Å²) in [5.41, 5.74) is 5.60. The lowest BCUT2D eigenvalue weighted by Gasteiger charge is -2.16. The molecule has 4 nitrogen and oxygen atoms in total. The normalized spacial score (nSPS) is 19.0. The molecule has 98 valence electrons. The van der Waals surface area contributed by atoms with Crippen LogP contribution in [0.15, 0.2) is 28.7 Å². The summed E-state index contributed by atoms with van der Waals surface area (Å²) in [6.07, 6.45) is 1.00. The summed E-state index contributed by atoms with van der Waals surface area (Å²) < 4.78 is 6.45. The standard InChI is InChI=1S/C13H17BrN2O2/c14-11-1-3-12(4-2-11)18-9-13(17)16-6-5-10(7-15)8-16/h1-4,10H,5-9,15H2/t10-/m1/s1. The Balaban J connectivity index is 1.80. The fourth-order valence-electron chi connectivity index (χ4n) is 2.02. The van der Waals surface area contributed by atoms with Crippen molar-refractivity contribution in [3.63, 3.8) is 0 Å². The van der Waals surface area contributed by atoms with Gasteiger partial charge in [0.2, 0.25) is 0 Å². The molecule has 1 heterocycles. The van der Waals surface area contributed by atoms with Crippen LogP contribution >= 0.6 is 15.9 Å². The lowest BCUT2D eigenvalue weighted by atomic mass is 10.1. The second-order valence-corrected chi connectivity index (χ2v) is 5.39. The quantitative estimate of drug-likeness (QED) is 0.919. The Bertz CT molecular complexity index is 408. The predicted molar refractivity (Wildman–Crippen MR) is 73.4 cm³/mol. The van der Waals surface area contributed by atoms with Gasteiger partial charge in [0.1, 0.15) is 5.75 Å². The summed E-state index contributed by atoms with van der Waals surface area (Å²) in [5, 5.41) is 0. The highest BCUT2D eigenvalue weighted by atomic mass is 79.9. The minimum absolute atomic E-state index is 0.0360. The van der Waals surface area contributed by atoms with Crippen molar-refractivity contribution in [1.29, 1.82) is 0 Å². The zero-order valence-corrected chi connectivity index (χ0v) is 11.7. The highest BCUT2D eigenvalue weighted by molar-refractivity contribution is 9.10. The Kier molecular flexibility index (Phi) is 4.60. The molecule has 0 saturated carbocycles. The third-order valence-corrected chi connectivity index (χ3v) is 3.68. The van der Waals surface area contributed by atoms with Crippen molar-refractivity contribution in [3.8, 4) is 5.75 Å². The summed E-state index contributed by atoms with van der Waals surface area (Å²) in [7, 11) is 0. The maximum atomic E-state index is 11.9. The molecule has 2 N–H and O–H groups in total. The van der Waals surface area contributed by atoms with E-state index < -0.39 is 0 Å². The number of nitrogens with two attached hydrogens (primary N) is 1. The van der Waals surface area contributed by atoms with Crippen molar-refractivity contribution < 1.29 is 9.53 Å². The van der Waals surface area contributed by atoms with E-state index in [1.165, 1.54) is 0 Å². The van der Waals surface area contributed by atoms with Gasteiger partial charge in [0.05, 0.1) is 0 Å². The number of hydrogen-bond donors (Lipinski definition) is 1. The molecule has 1 aliphatic rings. The van der Waals surface area contributed by atoms with Crippen molar-refractivity contribution in [2.75, 3.05) is 26.2 Å². The summed E-state index contributed by atoms with van der Waals surface area (Å²) in [4.78, 5) is 13.7. The first-order valence-electron chi connectivity index (χ1n) is 6.05. The van der Waals surface area contributed by atoms with E-state index >= 15 is 0 Å². The van der Waals surface area contributed by atoms with E-state index in [0.717, 1.165) is 24.0 Å². The first-order chi connectivity index (χ1) is 8.69. The predicted octanol–water partition coefficient (Wildman–Crippen LogP) is 1.64. The molecule has 0 unspecified atom stereocenters. The smallest absolute Gasteiger partial charge is 0.260 e.